The first-order valence-corrected chi connectivity index (χ1v) is 4.85. The summed E-state index contributed by atoms with van der Waals surface area (Å²) in [4.78, 5) is 7.03. The molecule has 1 aromatic heterocycles. The van der Waals surface area contributed by atoms with E-state index in [1.54, 1.807) is 6.07 Å². The van der Waals surface area contributed by atoms with Crippen LogP contribution in [0.4, 0.5) is 0 Å². The van der Waals surface area contributed by atoms with E-state index in [0.717, 1.165) is 12.6 Å². The Balaban J connectivity index is 3.47. The van der Waals surface area contributed by atoms with Gasteiger partial charge in [-0.15, -0.1) is 0 Å². The molecule has 0 aliphatic heterocycles. The van der Waals surface area contributed by atoms with Gasteiger partial charge in [0.1, 0.15) is 18.0 Å². The van der Waals surface area contributed by atoms with Crippen molar-refractivity contribution >= 4 is 9.84 Å². The highest BCUT2D eigenvalue weighted by atomic mass is 32.2. The molecule has 0 N–H and O–H groups in total. The molecule has 0 saturated carbocycles. The number of nitrogens with zero attached hydrogens (tertiary/aromatic N) is 3. The Morgan fingerprint density at radius 1 is 1.58 bits per heavy atom. The molecule has 1 heterocycles. The Kier molecular flexibility index (Phi) is 2.06. The molecule has 62 valence electrons. The van der Waals surface area contributed by atoms with Crippen molar-refractivity contribution in [2.75, 3.05) is 6.26 Å². The monoisotopic (exact) mass is 183 g/mol. The fraction of sp³-hybridized carbons (Fsp3) is 0.167. The van der Waals surface area contributed by atoms with Crippen LogP contribution in [0.3, 0.4) is 0 Å². The van der Waals surface area contributed by atoms with Crippen LogP contribution in [0.2, 0.25) is 0 Å². The van der Waals surface area contributed by atoms with Gasteiger partial charge < -0.3 is 0 Å². The van der Waals surface area contributed by atoms with E-state index < -0.39 is 9.84 Å². The SMILES string of the molecule is CS(=O)(=O)c1ncncc1C#N. The molecule has 0 aromatic carbocycles. The molecule has 0 fully saturated rings. The minimum atomic E-state index is -3.42. The molecule has 0 aliphatic carbocycles. The maximum atomic E-state index is 11.0. The van der Waals surface area contributed by atoms with Gasteiger partial charge in [-0.3, -0.25) is 0 Å². The molecule has 12 heavy (non-hydrogen) atoms. The third kappa shape index (κ3) is 1.57. The van der Waals surface area contributed by atoms with Crippen LogP contribution in [0.25, 0.3) is 0 Å². The zero-order chi connectivity index (χ0) is 9.19. The molecule has 0 saturated heterocycles. The van der Waals surface area contributed by atoms with Gasteiger partial charge >= 0.3 is 0 Å². The molecule has 0 bridgehead atoms. The number of hydrogen-bond donors (Lipinski definition) is 0. The van der Waals surface area contributed by atoms with Crippen LogP contribution in [0.5, 0.6) is 0 Å². The van der Waals surface area contributed by atoms with Crippen molar-refractivity contribution in [2.45, 2.75) is 5.03 Å². The van der Waals surface area contributed by atoms with Gasteiger partial charge in [-0.25, -0.2) is 18.4 Å². The highest BCUT2D eigenvalue weighted by Gasteiger charge is 2.13. The van der Waals surface area contributed by atoms with E-state index in [9.17, 15) is 8.42 Å². The maximum absolute atomic E-state index is 11.0. The van der Waals surface area contributed by atoms with Gasteiger partial charge in [-0.1, -0.05) is 0 Å². The fourth-order valence-electron chi connectivity index (χ4n) is 0.691. The van der Waals surface area contributed by atoms with Crippen LogP contribution >= 0.6 is 0 Å². The predicted octanol–water partition coefficient (Wildman–Crippen LogP) is -0.248. The highest BCUT2D eigenvalue weighted by Crippen LogP contribution is 2.08. The van der Waals surface area contributed by atoms with Crippen molar-refractivity contribution in [3.8, 4) is 6.07 Å². The lowest BCUT2D eigenvalue weighted by Crippen LogP contribution is -2.03. The third-order valence-electron chi connectivity index (χ3n) is 1.15. The number of sulfone groups is 1. The summed E-state index contributed by atoms with van der Waals surface area (Å²) in [5, 5.41) is 8.27. The number of hydrogen-bond acceptors (Lipinski definition) is 5. The Morgan fingerprint density at radius 2 is 2.25 bits per heavy atom. The van der Waals surface area contributed by atoms with E-state index >= 15 is 0 Å². The first-order chi connectivity index (χ1) is 5.55. The largest absolute Gasteiger partial charge is 0.243 e. The zero-order valence-corrected chi connectivity index (χ0v) is 7.04. The topological polar surface area (TPSA) is 83.7 Å². The molecule has 0 spiro atoms. The fourth-order valence-corrected chi connectivity index (χ4v) is 1.43. The Morgan fingerprint density at radius 3 is 2.67 bits per heavy atom. The van der Waals surface area contributed by atoms with Crippen LogP contribution in [0, 0.1) is 11.3 Å². The van der Waals surface area contributed by atoms with Gasteiger partial charge in [0.25, 0.3) is 0 Å². The van der Waals surface area contributed by atoms with Gasteiger partial charge in [-0.05, 0) is 0 Å². The summed E-state index contributed by atoms with van der Waals surface area (Å²) in [6, 6.07) is 1.70. The molecular formula is C6H5N3O2S. The lowest BCUT2D eigenvalue weighted by atomic mass is 10.4. The van der Waals surface area contributed by atoms with Gasteiger partial charge in [0.2, 0.25) is 0 Å². The van der Waals surface area contributed by atoms with Crippen LogP contribution in [0.15, 0.2) is 17.6 Å². The Hall–Kier alpha value is -1.48. The average Bonchev–Trinajstić information content (AvgIpc) is 2.03. The second-order valence-corrected chi connectivity index (χ2v) is 4.06. The Labute approximate surface area is 69.6 Å². The smallest absolute Gasteiger partial charge is 0.194 e. The van der Waals surface area contributed by atoms with Crippen LogP contribution in [-0.2, 0) is 9.84 Å². The molecular weight excluding hydrogens is 178 g/mol. The van der Waals surface area contributed by atoms with E-state index in [4.69, 9.17) is 5.26 Å². The minimum Gasteiger partial charge on any atom is -0.243 e. The molecule has 0 atom stereocenters. The molecule has 0 amide bonds. The zero-order valence-electron chi connectivity index (χ0n) is 6.22. The molecule has 0 unspecified atom stereocenters. The van der Waals surface area contributed by atoms with Crippen molar-refractivity contribution in [3.05, 3.63) is 18.1 Å². The van der Waals surface area contributed by atoms with E-state index in [0.29, 0.717) is 0 Å². The molecule has 1 aromatic rings. The van der Waals surface area contributed by atoms with Crippen LogP contribution < -0.4 is 0 Å². The lowest BCUT2D eigenvalue weighted by Gasteiger charge is -1.96. The van der Waals surface area contributed by atoms with E-state index in [2.05, 4.69) is 9.97 Å². The van der Waals surface area contributed by atoms with Crippen LogP contribution in [0.1, 0.15) is 5.56 Å². The van der Waals surface area contributed by atoms with Crippen molar-refractivity contribution in [1.29, 1.82) is 5.26 Å². The predicted molar refractivity (Wildman–Crippen MR) is 39.9 cm³/mol. The van der Waals surface area contributed by atoms with E-state index in [1.165, 1.54) is 6.20 Å². The van der Waals surface area contributed by atoms with E-state index in [-0.39, 0.29) is 10.6 Å². The average molecular weight is 183 g/mol. The molecule has 0 radical (unpaired) electrons. The van der Waals surface area contributed by atoms with Crippen molar-refractivity contribution < 1.29 is 8.42 Å². The maximum Gasteiger partial charge on any atom is 0.194 e. The van der Waals surface area contributed by atoms with E-state index in [1.807, 2.05) is 0 Å². The summed E-state index contributed by atoms with van der Waals surface area (Å²) in [5.41, 5.74) is -0.0278. The molecule has 1 rings (SSSR count). The summed E-state index contributed by atoms with van der Waals surface area (Å²) in [5.74, 6) is 0. The second-order valence-electron chi connectivity index (χ2n) is 2.13. The number of rotatable bonds is 1. The normalized spacial score (nSPS) is 10.7. The van der Waals surface area contributed by atoms with Crippen molar-refractivity contribution in [2.24, 2.45) is 0 Å². The van der Waals surface area contributed by atoms with Crippen molar-refractivity contribution in [1.82, 2.24) is 9.97 Å². The van der Waals surface area contributed by atoms with Gasteiger partial charge in [0, 0.05) is 12.5 Å². The third-order valence-corrected chi connectivity index (χ3v) is 2.18. The first kappa shape index (κ1) is 8.62. The van der Waals surface area contributed by atoms with Gasteiger partial charge in [-0.2, -0.15) is 5.26 Å². The minimum absolute atomic E-state index is 0.0278. The Bertz CT molecular complexity index is 432. The highest BCUT2D eigenvalue weighted by molar-refractivity contribution is 7.90. The second kappa shape index (κ2) is 2.87. The number of nitriles is 1. The summed E-state index contributed by atoms with van der Waals surface area (Å²) >= 11 is 0. The van der Waals surface area contributed by atoms with Crippen molar-refractivity contribution in [3.63, 3.8) is 0 Å². The molecule has 0 aliphatic rings. The van der Waals surface area contributed by atoms with Crippen LogP contribution in [-0.4, -0.2) is 24.6 Å². The number of aromatic nitrogens is 2. The van der Waals surface area contributed by atoms with Gasteiger partial charge in [0.15, 0.2) is 14.9 Å². The molecule has 5 nitrogen and oxygen atoms in total. The summed E-state index contributed by atoms with van der Waals surface area (Å²) in [6.07, 6.45) is 3.26. The summed E-state index contributed by atoms with van der Waals surface area (Å²) in [6.45, 7) is 0. The summed E-state index contributed by atoms with van der Waals surface area (Å²) in [7, 11) is -3.42. The lowest BCUT2D eigenvalue weighted by molar-refractivity contribution is 0.597. The summed E-state index contributed by atoms with van der Waals surface area (Å²) < 4.78 is 21.9. The van der Waals surface area contributed by atoms with Gasteiger partial charge in [0.05, 0.1) is 0 Å². The molecule has 6 heteroatoms. The standard InChI is InChI=1S/C6H5N3O2S/c1-12(10,11)6-5(2-7)3-8-4-9-6/h3-4H,1H3. The quantitative estimate of drug-likeness (QED) is 0.560. The first-order valence-electron chi connectivity index (χ1n) is 2.96.